The Balaban J connectivity index is 2.40. The summed E-state index contributed by atoms with van der Waals surface area (Å²) in [6.07, 6.45) is 0.660. The predicted octanol–water partition coefficient (Wildman–Crippen LogP) is 3.02. The molecule has 0 atom stereocenters. The minimum atomic E-state index is -3.70. The topological polar surface area (TPSA) is 63.4 Å². The van der Waals surface area contributed by atoms with Gasteiger partial charge in [-0.15, -0.1) is 0 Å². The van der Waals surface area contributed by atoms with Gasteiger partial charge < -0.3 is 4.42 Å². The second-order valence-corrected chi connectivity index (χ2v) is 6.69. The third kappa shape index (κ3) is 2.66. The molecule has 20 heavy (non-hydrogen) atoms. The summed E-state index contributed by atoms with van der Waals surface area (Å²) in [5, 5.41) is 0.479. The smallest absolute Gasteiger partial charge is 0.311 e. The van der Waals surface area contributed by atoms with Crippen LogP contribution in [0.2, 0.25) is 5.02 Å². The van der Waals surface area contributed by atoms with E-state index in [1.54, 1.807) is 6.92 Å². The predicted molar refractivity (Wildman–Crippen MR) is 77.7 cm³/mol. The largest absolute Gasteiger partial charge is 0.428 e. The second kappa shape index (κ2) is 5.46. The summed E-state index contributed by atoms with van der Waals surface area (Å²) in [6.45, 7) is 3.71. The third-order valence-electron chi connectivity index (χ3n) is 2.94. The minimum Gasteiger partial charge on any atom is -0.428 e. The zero-order valence-electron chi connectivity index (χ0n) is 11.4. The summed E-state index contributed by atoms with van der Waals surface area (Å²) < 4.78 is 31.4. The Hall–Kier alpha value is -1.53. The van der Waals surface area contributed by atoms with Crippen molar-refractivity contribution in [3.8, 4) is 0 Å². The molecule has 0 radical (unpaired) electrons. The Kier molecular flexibility index (Phi) is 4.06. The van der Waals surface area contributed by atoms with Crippen molar-refractivity contribution >= 4 is 27.6 Å². The average Bonchev–Trinajstić information content (AvgIpc) is 2.79. The van der Waals surface area contributed by atoms with Crippen LogP contribution < -0.4 is 4.31 Å². The number of nitrogens with zero attached hydrogens (tertiary/aromatic N) is 2. The van der Waals surface area contributed by atoms with Crippen molar-refractivity contribution in [2.24, 2.45) is 0 Å². The molecule has 2 aromatic rings. The summed E-state index contributed by atoms with van der Waals surface area (Å²) in [5.74, 6) is 0.679. The summed E-state index contributed by atoms with van der Waals surface area (Å²) in [6, 6.07) is 6.02. The van der Waals surface area contributed by atoms with Gasteiger partial charge in [-0.1, -0.05) is 18.5 Å². The Labute approximate surface area is 123 Å². The van der Waals surface area contributed by atoms with E-state index in [-0.39, 0.29) is 10.9 Å². The molecule has 2 rings (SSSR count). The first-order valence-electron chi connectivity index (χ1n) is 6.07. The second-order valence-electron chi connectivity index (χ2n) is 4.29. The Morgan fingerprint density at radius 2 is 1.90 bits per heavy atom. The minimum absolute atomic E-state index is 0.0642. The summed E-state index contributed by atoms with van der Waals surface area (Å²) in [4.78, 5) is 4.28. The van der Waals surface area contributed by atoms with Gasteiger partial charge in [0.1, 0.15) is 5.76 Å². The molecule has 0 N–H and O–H groups in total. The highest BCUT2D eigenvalue weighted by Crippen LogP contribution is 2.24. The van der Waals surface area contributed by atoms with E-state index in [1.165, 1.54) is 31.3 Å². The lowest BCUT2D eigenvalue weighted by Gasteiger charge is -2.15. The van der Waals surface area contributed by atoms with Crippen LogP contribution in [0.15, 0.2) is 33.6 Å². The number of oxazole rings is 1. The molecule has 7 heteroatoms. The van der Waals surface area contributed by atoms with Gasteiger partial charge in [-0.2, -0.15) is 4.98 Å². The fourth-order valence-electron chi connectivity index (χ4n) is 1.74. The van der Waals surface area contributed by atoms with Crippen LogP contribution in [0, 0.1) is 6.92 Å². The van der Waals surface area contributed by atoms with Gasteiger partial charge in [0.25, 0.3) is 10.0 Å². The quantitative estimate of drug-likeness (QED) is 0.870. The molecular weight excluding hydrogens is 300 g/mol. The van der Waals surface area contributed by atoms with E-state index in [0.717, 1.165) is 4.31 Å². The maximum atomic E-state index is 12.4. The van der Waals surface area contributed by atoms with Gasteiger partial charge >= 0.3 is 6.01 Å². The van der Waals surface area contributed by atoms with Crippen LogP contribution in [0.25, 0.3) is 0 Å². The zero-order chi connectivity index (χ0) is 14.9. The molecule has 0 saturated carbocycles. The van der Waals surface area contributed by atoms with E-state index in [4.69, 9.17) is 16.0 Å². The van der Waals surface area contributed by atoms with Gasteiger partial charge in [0.2, 0.25) is 0 Å². The molecule has 5 nitrogen and oxygen atoms in total. The molecule has 0 fully saturated rings. The number of sulfonamides is 1. The first-order chi connectivity index (χ1) is 9.36. The maximum absolute atomic E-state index is 12.4. The van der Waals surface area contributed by atoms with Gasteiger partial charge in [-0.05, 0) is 31.2 Å². The molecule has 0 spiro atoms. The Morgan fingerprint density at radius 1 is 1.30 bits per heavy atom. The highest BCUT2D eigenvalue weighted by Gasteiger charge is 2.25. The number of aromatic nitrogens is 1. The molecular formula is C13H15ClN2O3S. The molecule has 0 aliphatic carbocycles. The van der Waals surface area contributed by atoms with Crippen molar-refractivity contribution in [2.75, 3.05) is 11.4 Å². The molecule has 0 aliphatic heterocycles. The summed E-state index contributed by atoms with van der Waals surface area (Å²) in [5.41, 5.74) is 0.695. The fourth-order valence-corrected chi connectivity index (χ4v) is 2.95. The van der Waals surface area contributed by atoms with Crippen molar-refractivity contribution in [3.63, 3.8) is 0 Å². The van der Waals surface area contributed by atoms with Gasteiger partial charge in [0, 0.05) is 18.5 Å². The number of rotatable bonds is 4. The molecule has 1 aromatic carbocycles. The molecule has 0 amide bonds. The van der Waals surface area contributed by atoms with E-state index >= 15 is 0 Å². The SMILES string of the molecule is CCc1oc(N(C)S(=O)(=O)c2ccc(Cl)cc2)nc1C. The van der Waals surface area contributed by atoms with Gasteiger partial charge in [0.05, 0.1) is 10.6 Å². The lowest BCUT2D eigenvalue weighted by Crippen LogP contribution is -2.26. The van der Waals surface area contributed by atoms with Gasteiger partial charge in [-0.25, -0.2) is 12.7 Å². The van der Waals surface area contributed by atoms with E-state index in [1.807, 2.05) is 6.92 Å². The Morgan fingerprint density at radius 3 is 2.40 bits per heavy atom. The Bertz CT molecular complexity index is 708. The van der Waals surface area contributed by atoms with E-state index in [0.29, 0.717) is 22.9 Å². The number of benzene rings is 1. The van der Waals surface area contributed by atoms with Crippen LogP contribution in [0.5, 0.6) is 0 Å². The van der Waals surface area contributed by atoms with Crippen molar-refractivity contribution in [1.29, 1.82) is 0 Å². The van der Waals surface area contributed by atoms with Gasteiger partial charge in [-0.3, -0.25) is 0 Å². The lowest BCUT2D eigenvalue weighted by molar-refractivity contribution is 0.511. The third-order valence-corrected chi connectivity index (χ3v) is 4.94. The molecule has 108 valence electrons. The fraction of sp³-hybridized carbons (Fsp3) is 0.308. The van der Waals surface area contributed by atoms with Crippen LogP contribution in [-0.4, -0.2) is 20.4 Å². The van der Waals surface area contributed by atoms with Crippen molar-refractivity contribution in [3.05, 3.63) is 40.7 Å². The normalized spacial score (nSPS) is 11.6. The van der Waals surface area contributed by atoms with E-state index in [9.17, 15) is 8.42 Å². The highest BCUT2D eigenvalue weighted by atomic mass is 35.5. The zero-order valence-corrected chi connectivity index (χ0v) is 13.0. The summed E-state index contributed by atoms with van der Waals surface area (Å²) >= 11 is 5.76. The van der Waals surface area contributed by atoms with Crippen LogP contribution in [0.1, 0.15) is 18.4 Å². The van der Waals surface area contributed by atoms with Crippen LogP contribution in [0.3, 0.4) is 0 Å². The number of halogens is 1. The van der Waals surface area contributed by atoms with Gasteiger partial charge in [0.15, 0.2) is 0 Å². The van der Waals surface area contributed by atoms with Crippen LogP contribution >= 0.6 is 11.6 Å². The molecule has 1 heterocycles. The lowest BCUT2D eigenvalue weighted by atomic mass is 10.3. The average molecular weight is 315 g/mol. The molecule has 0 aliphatic rings. The number of anilines is 1. The molecule has 0 unspecified atom stereocenters. The van der Waals surface area contributed by atoms with Crippen molar-refractivity contribution in [1.82, 2.24) is 4.98 Å². The summed E-state index contributed by atoms with van der Waals surface area (Å²) in [7, 11) is -2.29. The first-order valence-corrected chi connectivity index (χ1v) is 7.89. The van der Waals surface area contributed by atoms with E-state index < -0.39 is 10.0 Å². The van der Waals surface area contributed by atoms with Crippen molar-refractivity contribution < 1.29 is 12.8 Å². The number of aryl methyl sites for hydroxylation is 2. The highest BCUT2D eigenvalue weighted by molar-refractivity contribution is 7.92. The van der Waals surface area contributed by atoms with Crippen LogP contribution in [-0.2, 0) is 16.4 Å². The van der Waals surface area contributed by atoms with Crippen molar-refractivity contribution in [2.45, 2.75) is 25.2 Å². The monoisotopic (exact) mass is 314 g/mol. The molecule has 1 aromatic heterocycles. The molecule has 0 bridgehead atoms. The number of hydrogen-bond acceptors (Lipinski definition) is 4. The van der Waals surface area contributed by atoms with E-state index in [2.05, 4.69) is 4.98 Å². The van der Waals surface area contributed by atoms with Crippen LogP contribution in [0.4, 0.5) is 6.01 Å². The molecule has 0 saturated heterocycles. The first kappa shape index (κ1) is 14.9. The maximum Gasteiger partial charge on any atom is 0.311 e. The number of hydrogen-bond donors (Lipinski definition) is 0. The standard InChI is InChI=1S/C13H15ClN2O3S/c1-4-12-9(2)15-13(19-12)16(3)20(17,18)11-7-5-10(14)6-8-11/h5-8H,4H2,1-3H3.